The van der Waals surface area contributed by atoms with Crippen LogP contribution in [0.4, 0.5) is 0 Å². The Labute approximate surface area is 135 Å². The SMILES string of the molecule is COc1ccc(C)cc1C1SCC(=O)N1Cc1ccccc1. The van der Waals surface area contributed by atoms with Gasteiger partial charge in [0.25, 0.3) is 0 Å². The third kappa shape index (κ3) is 2.97. The van der Waals surface area contributed by atoms with Crippen molar-refractivity contribution in [1.82, 2.24) is 4.90 Å². The lowest BCUT2D eigenvalue weighted by atomic mass is 10.1. The Balaban J connectivity index is 1.92. The Hall–Kier alpha value is -1.94. The van der Waals surface area contributed by atoms with Gasteiger partial charge in [0.1, 0.15) is 11.1 Å². The molecule has 4 heteroatoms. The van der Waals surface area contributed by atoms with Crippen molar-refractivity contribution in [2.45, 2.75) is 18.8 Å². The number of rotatable bonds is 4. The highest BCUT2D eigenvalue weighted by Crippen LogP contribution is 2.43. The van der Waals surface area contributed by atoms with E-state index in [1.165, 1.54) is 5.56 Å². The Kier molecular flexibility index (Phi) is 4.39. The molecule has 0 aliphatic carbocycles. The number of carbonyl (C=O) groups is 1. The molecule has 0 radical (unpaired) electrons. The average molecular weight is 313 g/mol. The van der Waals surface area contributed by atoms with Crippen molar-refractivity contribution in [2.24, 2.45) is 0 Å². The zero-order valence-corrected chi connectivity index (χ0v) is 13.6. The molecule has 114 valence electrons. The largest absolute Gasteiger partial charge is 0.496 e. The van der Waals surface area contributed by atoms with Crippen LogP contribution < -0.4 is 4.74 Å². The first kappa shape index (κ1) is 15.0. The van der Waals surface area contributed by atoms with Gasteiger partial charge in [0.05, 0.1) is 12.9 Å². The maximum atomic E-state index is 12.3. The molecule has 0 aromatic heterocycles. The van der Waals surface area contributed by atoms with Gasteiger partial charge in [-0.15, -0.1) is 11.8 Å². The zero-order chi connectivity index (χ0) is 15.5. The molecule has 1 unspecified atom stereocenters. The molecule has 1 atom stereocenters. The monoisotopic (exact) mass is 313 g/mol. The van der Waals surface area contributed by atoms with Crippen LogP contribution in [0.2, 0.25) is 0 Å². The molecule has 3 nitrogen and oxygen atoms in total. The molecular formula is C18H19NO2S. The smallest absolute Gasteiger partial charge is 0.234 e. The van der Waals surface area contributed by atoms with E-state index >= 15 is 0 Å². The van der Waals surface area contributed by atoms with Gasteiger partial charge in [-0.2, -0.15) is 0 Å². The van der Waals surface area contributed by atoms with Crippen molar-refractivity contribution in [3.63, 3.8) is 0 Å². The molecule has 1 heterocycles. The molecule has 1 saturated heterocycles. The summed E-state index contributed by atoms with van der Waals surface area (Å²) in [6.07, 6.45) is 0. The highest BCUT2D eigenvalue weighted by atomic mass is 32.2. The molecule has 3 rings (SSSR count). The van der Waals surface area contributed by atoms with Crippen LogP contribution in [0.15, 0.2) is 48.5 Å². The van der Waals surface area contributed by atoms with Gasteiger partial charge in [-0.25, -0.2) is 0 Å². The van der Waals surface area contributed by atoms with Crippen LogP contribution >= 0.6 is 11.8 Å². The lowest BCUT2D eigenvalue weighted by Gasteiger charge is -2.26. The molecule has 2 aromatic carbocycles. The first-order chi connectivity index (χ1) is 10.7. The molecule has 0 N–H and O–H groups in total. The standard InChI is InChI=1S/C18H19NO2S/c1-13-8-9-16(21-2)15(10-13)18-19(17(20)12-22-18)11-14-6-4-3-5-7-14/h3-10,18H,11-12H2,1-2H3. The molecule has 1 amide bonds. The molecule has 2 aromatic rings. The summed E-state index contributed by atoms with van der Waals surface area (Å²) in [5.41, 5.74) is 3.40. The summed E-state index contributed by atoms with van der Waals surface area (Å²) < 4.78 is 5.50. The maximum Gasteiger partial charge on any atom is 0.234 e. The van der Waals surface area contributed by atoms with Crippen molar-refractivity contribution in [3.8, 4) is 5.75 Å². The first-order valence-corrected chi connectivity index (χ1v) is 8.33. The second-order valence-electron chi connectivity index (χ2n) is 5.42. The molecule has 1 aliphatic rings. The van der Waals surface area contributed by atoms with Gasteiger partial charge in [0.15, 0.2) is 0 Å². The number of carbonyl (C=O) groups excluding carboxylic acids is 1. The third-order valence-corrected chi connectivity index (χ3v) is 5.05. The summed E-state index contributed by atoms with van der Waals surface area (Å²) in [7, 11) is 1.68. The lowest BCUT2D eigenvalue weighted by molar-refractivity contribution is -0.128. The number of ether oxygens (including phenoxy) is 1. The Morgan fingerprint density at radius 1 is 1.23 bits per heavy atom. The summed E-state index contributed by atoms with van der Waals surface area (Å²) in [5, 5.41) is 0.0163. The number of methoxy groups -OCH3 is 1. The zero-order valence-electron chi connectivity index (χ0n) is 12.8. The van der Waals surface area contributed by atoms with Gasteiger partial charge >= 0.3 is 0 Å². The van der Waals surface area contributed by atoms with Crippen LogP contribution in [0.3, 0.4) is 0 Å². The molecule has 1 aliphatic heterocycles. The fourth-order valence-corrected chi connectivity index (χ4v) is 3.91. The number of hydrogen-bond donors (Lipinski definition) is 0. The predicted octanol–water partition coefficient (Wildman–Crippen LogP) is 3.78. The van der Waals surface area contributed by atoms with Gasteiger partial charge in [-0.05, 0) is 24.6 Å². The molecule has 0 bridgehead atoms. The molecule has 0 saturated carbocycles. The minimum Gasteiger partial charge on any atom is -0.496 e. The fourth-order valence-electron chi connectivity index (χ4n) is 2.71. The van der Waals surface area contributed by atoms with Crippen molar-refractivity contribution in [3.05, 3.63) is 65.2 Å². The van der Waals surface area contributed by atoms with E-state index in [0.29, 0.717) is 12.3 Å². The van der Waals surface area contributed by atoms with Gasteiger partial charge in [-0.3, -0.25) is 4.79 Å². The number of amides is 1. The first-order valence-electron chi connectivity index (χ1n) is 7.28. The molecular weight excluding hydrogens is 294 g/mol. The topological polar surface area (TPSA) is 29.5 Å². The minimum absolute atomic E-state index is 0.0163. The molecule has 0 spiro atoms. The van der Waals surface area contributed by atoms with Crippen molar-refractivity contribution in [1.29, 1.82) is 0 Å². The van der Waals surface area contributed by atoms with Crippen molar-refractivity contribution >= 4 is 17.7 Å². The Morgan fingerprint density at radius 3 is 2.73 bits per heavy atom. The summed E-state index contributed by atoms with van der Waals surface area (Å²) in [6, 6.07) is 16.2. The van der Waals surface area contributed by atoms with E-state index in [2.05, 4.69) is 25.1 Å². The van der Waals surface area contributed by atoms with E-state index in [1.54, 1.807) is 18.9 Å². The Bertz CT molecular complexity index is 672. The number of aryl methyl sites for hydroxylation is 1. The van der Waals surface area contributed by atoms with Crippen LogP contribution in [0.1, 0.15) is 22.1 Å². The van der Waals surface area contributed by atoms with Gasteiger partial charge in [-0.1, -0.05) is 42.0 Å². The maximum absolute atomic E-state index is 12.3. The number of benzene rings is 2. The van der Waals surface area contributed by atoms with E-state index in [4.69, 9.17) is 4.74 Å². The van der Waals surface area contributed by atoms with E-state index in [0.717, 1.165) is 16.9 Å². The average Bonchev–Trinajstić information content (AvgIpc) is 2.89. The van der Waals surface area contributed by atoms with Crippen LogP contribution in [0.5, 0.6) is 5.75 Å². The van der Waals surface area contributed by atoms with Gasteiger partial charge in [0.2, 0.25) is 5.91 Å². The van der Waals surface area contributed by atoms with Crippen LogP contribution in [-0.2, 0) is 11.3 Å². The summed E-state index contributed by atoms with van der Waals surface area (Å²) >= 11 is 1.67. The molecule has 1 fully saturated rings. The van der Waals surface area contributed by atoms with Crippen molar-refractivity contribution in [2.75, 3.05) is 12.9 Å². The van der Waals surface area contributed by atoms with Crippen molar-refractivity contribution < 1.29 is 9.53 Å². The summed E-state index contributed by atoms with van der Waals surface area (Å²) in [4.78, 5) is 14.3. The number of nitrogens with zero attached hydrogens (tertiary/aromatic N) is 1. The molecule has 22 heavy (non-hydrogen) atoms. The lowest BCUT2D eigenvalue weighted by Crippen LogP contribution is -2.27. The minimum atomic E-state index is 0.0163. The quantitative estimate of drug-likeness (QED) is 0.860. The normalized spacial score (nSPS) is 17.8. The predicted molar refractivity (Wildman–Crippen MR) is 89.9 cm³/mol. The summed E-state index contributed by atoms with van der Waals surface area (Å²) in [5.74, 6) is 1.55. The second-order valence-corrected chi connectivity index (χ2v) is 6.48. The van der Waals surface area contributed by atoms with Crippen LogP contribution in [0.25, 0.3) is 0 Å². The van der Waals surface area contributed by atoms with E-state index < -0.39 is 0 Å². The number of thioether (sulfide) groups is 1. The number of hydrogen-bond acceptors (Lipinski definition) is 3. The third-order valence-electron chi connectivity index (χ3n) is 3.82. The van der Waals surface area contributed by atoms with Gasteiger partial charge < -0.3 is 9.64 Å². The second kappa shape index (κ2) is 6.44. The van der Waals surface area contributed by atoms with E-state index in [-0.39, 0.29) is 11.3 Å². The van der Waals surface area contributed by atoms with E-state index in [1.807, 2.05) is 35.2 Å². The summed E-state index contributed by atoms with van der Waals surface area (Å²) in [6.45, 7) is 2.69. The highest BCUT2D eigenvalue weighted by molar-refractivity contribution is 8.00. The van der Waals surface area contributed by atoms with E-state index in [9.17, 15) is 4.79 Å². The van der Waals surface area contributed by atoms with Crippen LogP contribution in [0, 0.1) is 6.92 Å². The van der Waals surface area contributed by atoms with Gasteiger partial charge in [0, 0.05) is 12.1 Å². The van der Waals surface area contributed by atoms with Crippen LogP contribution in [-0.4, -0.2) is 23.7 Å². The fraction of sp³-hybridized carbons (Fsp3) is 0.278. The Morgan fingerprint density at radius 2 is 2.00 bits per heavy atom. The highest BCUT2D eigenvalue weighted by Gasteiger charge is 2.34.